The van der Waals surface area contributed by atoms with E-state index in [1.165, 1.54) is 13.8 Å². The largest absolute Gasteiger partial charge is 0.368 e. The fourth-order valence-corrected chi connectivity index (χ4v) is 3.23. The highest BCUT2D eigenvalue weighted by Crippen LogP contribution is 2.30. The van der Waals surface area contributed by atoms with Gasteiger partial charge in [0.25, 0.3) is 0 Å². The third kappa shape index (κ3) is 5.36. The van der Waals surface area contributed by atoms with Crippen LogP contribution in [0.1, 0.15) is 26.6 Å². The maximum atomic E-state index is 14.0. The lowest BCUT2D eigenvalue weighted by atomic mass is 10.1. The number of rotatable bonds is 6. The van der Waals surface area contributed by atoms with Gasteiger partial charge in [-0.05, 0) is 39.0 Å². The predicted octanol–water partition coefficient (Wildman–Crippen LogP) is 4.56. The van der Waals surface area contributed by atoms with Gasteiger partial charge in [0.2, 0.25) is 11.9 Å². The smallest absolute Gasteiger partial charge is 0.228 e. The highest BCUT2D eigenvalue weighted by molar-refractivity contribution is 7.99. The molecule has 0 saturated carbocycles. The monoisotopic (exact) mass is 389 g/mol. The van der Waals surface area contributed by atoms with Crippen molar-refractivity contribution in [2.45, 2.75) is 37.4 Å². The van der Waals surface area contributed by atoms with Crippen LogP contribution in [0.4, 0.5) is 16.3 Å². The zero-order valence-corrected chi connectivity index (χ0v) is 15.8. The standard InChI is InChI=1S/C15H18Cl2FN5S/c1-8(7-24-11-6-9(16)4-5-10(11)17)20-14-22-12(15(2,3)18)21-13(19)23-14/h4-6,8H,7H2,1-3H3,(H3,19,20,21,22,23). The van der Waals surface area contributed by atoms with Crippen LogP contribution in [0.3, 0.4) is 0 Å². The second kappa shape index (κ2) is 7.72. The van der Waals surface area contributed by atoms with E-state index in [0.717, 1.165) is 4.90 Å². The minimum Gasteiger partial charge on any atom is -0.368 e. The average molecular weight is 390 g/mol. The molecule has 0 fully saturated rings. The first-order valence-electron chi connectivity index (χ1n) is 7.20. The van der Waals surface area contributed by atoms with Crippen molar-refractivity contribution in [3.05, 3.63) is 34.1 Å². The molecular weight excluding hydrogens is 372 g/mol. The van der Waals surface area contributed by atoms with Gasteiger partial charge in [0.15, 0.2) is 11.5 Å². The summed E-state index contributed by atoms with van der Waals surface area (Å²) in [5.41, 5.74) is 3.93. The van der Waals surface area contributed by atoms with Crippen molar-refractivity contribution < 1.29 is 4.39 Å². The Morgan fingerprint density at radius 2 is 2.00 bits per heavy atom. The number of nitrogens with two attached hydrogens (primary N) is 1. The van der Waals surface area contributed by atoms with Gasteiger partial charge in [0, 0.05) is 21.7 Å². The number of benzene rings is 1. The van der Waals surface area contributed by atoms with Crippen LogP contribution in [0.25, 0.3) is 0 Å². The van der Waals surface area contributed by atoms with Crippen LogP contribution >= 0.6 is 35.0 Å². The van der Waals surface area contributed by atoms with Gasteiger partial charge in [-0.1, -0.05) is 23.2 Å². The minimum absolute atomic E-state index is 0.00441. The molecular formula is C15H18Cl2FN5S. The highest BCUT2D eigenvalue weighted by Gasteiger charge is 2.24. The predicted molar refractivity (Wildman–Crippen MR) is 98.6 cm³/mol. The lowest BCUT2D eigenvalue weighted by Gasteiger charge is -2.17. The summed E-state index contributed by atoms with van der Waals surface area (Å²) in [5.74, 6) is 0.898. The van der Waals surface area contributed by atoms with Crippen LogP contribution in [-0.2, 0) is 5.67 Å². The third-order valence-corrected chi connectivity index (χ3v) is 4.93. The average Bonchev–Trinajstić information content (AvgIpc) is 2.46. The topological polar surface area (TPSA) is 76.7 Å². The summed E-state index contributed by atoms with van der Waals surface area (Å²) >= 11 is 13.7. The number of nitrogen functional groups attached to an aromatic ring is 1. The molecule has 0 saturated heterocycles. The SMILES string of the molecule is CC(CSc1cc(Cl)ccc1Cl)Nc1nc(N)nc(C(C)(C)F)n1. The Labute approximate surface area is 154 Å². The summed E-state index contributed by atoms with van der Waals surface area (Å²) in [6.45, 7) is 4.68. The van der Waals surface area contributed by atoms with Gasteiger partial charge in [0.1, 0.15) is 0 Å². The van der Waals surface area contributed by atoms with Crippen molar-refractivity contribution in [3.63, 3.8) is 0 Å². The van der Waals surface area contributed by atoms with Gasteiger partial charge in [-0.2, -0.15) is 15.0 Å². The molecule has 0 spiro atoms. The van der Waals surface area contributed by atoms with E-state index in [1.807, 2.05) is 13.0 Å². The molecule has 2 rings (SSSR count). The summed E-state index contributed by atoms with van der Waals surface area (Å²) in [6.07, 6.45) is 0. The van der Waals surface area contributed by atoms with Crippen LogP contribution in [0, 0.1) is 0 Å². The second-order valence-electron chi connectivity index (χ2n) is 5.74. The van der Waals surface area contributed by atoms with Crippen LogP contribution in [0.5, 0.6) is 0 Å². The zero-order valence-electron chi connectivity index (χ0n) is 13.5. The van der Waals surface area contributed by atoms with Crippen LogP contribution in [0.2, 0.25) is 10.0 Å². The maximum absolute atomic E-state index is 14.0. The number of anilines is 2. The van der Waals surface area contributed by atoms with Crippen LogP contribution < -0.4 is 11.1 Å². The maximum Gasteiger partial charge on any atom is 0.228 e. The van der Waals surface area contributed by atoms with E-state index in [1.54, 1.807) is 23.9 Å². The Kier molecular flexibility index (Phi) is 6.11. The first-order chi connectivity index (χ1) is 11.1. The molecule has 2 aromatic rings. The number of halogens is 3. The zero-order chi connectivity index (χ0) is 17.9. The lowest BCUT2D eigenvalue weighted by Crippen LogP contribution is -2.23. The normalized spacial score (nSPS) is 12.9. The van der Waals surface area contributed by atoms with Crippen molar-refractivity contribution in [1.82, 2.24) is 15.0 Å². The molecule has 1 aromatic heterocycles. The highest BCUT2D eigenvalue weighted by atomic mass is 35.5. The van der Waals surface area contributed by atoms with Crippen molar-refractivity contribution in [3.8, 4) is 0 Å². The van der Waals surface area contributed by atoms with Crippen molar-refractivity contribution in [2.75, 3.05) is 16.8 Å². The molecule has 0 aliphatic carbocycles. The quantitative estimate of drug-likeness (QED) is 0.705. The summed E-state index contributed by atoms with van der Waals surface area (Å²) in [7, 11) is 0. The molecule has 1 heterocycles. The number of aromatic nitrogens is 3. The summed E-state index contributed by atoms with van der Waals surface area (Å²) in [5, 5.41) is 4.36. The van der Waals surface area contributed by atoms with Gasteiger partial charge in [-0.15, -0.1) is 11.8 Å². The second-order valence-corrected chi connectivity index (χ2v) is 7.65. The summed E-state index contributed by atoms with van der Waals surface area (Å²) < 4.78 is 14.0. The molecule has 3 N–H and O–H groups in total. The molecule has 0 radical (unpaired) electrons. The molecule has 1 unspecified atom stereocenters. The first-order valence-corrected chi connectivity index (χ1v) is 8.94. The van der Waals surface area contributed by atoms with E-state index in [-0.39, 0.29) is 23.8 Å². The fourth-order valence-electron chi connectivity index (χ4n) is 1.79. The number of nitrogens with one attached hydrogen (secondary N) is 1. The number of nitrogens with zero attached hydrogens (tertiary/aromatic N) is 3. The van der Waals surface area contributed by atoms with Gasteiger partial charge < -0.3 is 11.1 Å². The number of alkyl halides is 1. The Balaban J connectivity index is 2.03. The molecule has 130 valence electrons. The summed E-state index contributed by atoms with van der Waals surface area (Å²) in [6, 6.07) is 5.30. The Hall–Kier alpha value is -1.31. The molecule has 0 aliphatic heterocycles. The van der Waals surface area contributed by atoms with Gasteiger partial charge in [0.05, 0.1) is 5.02 Å². The molecule has 0 aliphatic rings. The van der Waals surface area contributed by atoms with Crippen LogP contribution in [0.15, 0.2) is 23.1 Å². The molecule has 5 nitrogen and oxygen atoms in total. The van der Waals surface area contributed by atoms with E-state index in [4.69, 9.17) is 28.9 Å². The van der Waals surface area contributed by atoms with Gasteiger partial charge in [-0.25, -0.2) is 4.39 Å². The van der Waals surface area contributed by atoms with E-state index in [0.29, 0.717) is 15.8 Å². The first kappa shape index (κ1) is 19.0. The molecule has 0 bridgehead atoms. The van der Waals surface area contributed by atoms with E-state index >= 15 is 0 Å². The molecule has 9 heteroatoms. The lowest BCUT2D eigenvalue weighted by molar-refractivity contribution is 0.206. The van der Waals surface area contributed by atoms with Gasteiger partial charge in [-0.3, -0.25) is 0 Å². The number of thioether (sulfide) groups is 1. The van der Waals surface area contributed by atoms with Crippen molar-refractivity contribution >= 4 is 46.9 Å². The number of hydrogen-bond acceptors (Lipinski definition) is 6. The molecule has 1 aromatic carbocycles. The van der Waals surface area contributed by atoms with Crippen molar-refractivity contribution in [2.24, 2.45) is 0 Å². The van der Waals surface area contributed by atoms with E-state index in [9.17, 15) is 4.39 Å². The molecule has 24 heavy (non-hydrogen) atoms. The Bertz CT molecular complexity index is 723. The van der Waals surface area contributed by atoms with Crippen molar-refractivity contribution in [1.29, 1.82) is 0 Å². The summed E-state index contributed by atoms with van der Waals surface area (Å²) in [4.78, 5) is 12.8. The van der Waals surface area contributed by atoms with E-state index in [2.05, 4.69) is 20.3 Å². The Morgan fingerprint density at radius 3 is 2.67 bits per heavy atom. The van der Waals surface area contributed by atoms with E-state index < -0.39 is 5.67 Å². The molecule has 1 atom stereocenters. The Morgan fingerprint density at radius 1 is 1.29 bits per heavy atom. The molecule has 0 amide bonds. The number of hydrogen-bond donors (Lipinski definition) is 2. The third-order valence-electron chi connectivity index (χ3n) is 2.94. The van der Waals surface area contributed by atoms with Crippen LogP contribution in [-0.4, -0.2) is 26.7 Å². The minimum atomic E-state index is -1.69. The van der Waals surface area contributed by atoms with Gasteiger partial charge >= 0.3 is 0 Å². The fraction of sp³-hybridized carbons (Fsp3) is 0.400.